The van der Waals surface area contributed by atoms with Crippen molar-refractivity contribution in [2.75, 3.05) is 46.3 Å². The molecule has 0 aliphatic carbocycles. The molecule has 9 heteroatoms. The van der Waals surface area contributed by atoms with Crippen molar-refractivity contribution in [3.8, 4) is 0 Å². The molecule has 1 aromatic heterocycles. The molecule has 160 valence electrons. The molecule has 1 aliphatic rings. The SMILES string of the molecule is CN=C(NCCCN1CCN(C(=O)OC(C)(C)C)CC1)NCc1cccs1.I. The molecule has 0 atom stereocenters. The third-order valence-corrected chi connectivity index (χ3v) is 5.08. The molecule has 2 N–H and O–H groups in total. The van der Waals surface area contributed by atoms with Crippen molar-refractivity contribution in [2.45, 2.75) is 39.3 Å². The first-order chi connectivity index (χ1) is 12.9. The van der Waals surface area contributed by atoms with E-state index in [0.29, 0.717) is 0 Å². The summed E-state index contributed by atoms with van der Waals surface area (Å²) in [5, 5.41) is 8.76. The van der Waals surface area contributed by atoms with Crippen LogP contribution in [0.25, 0.3) is 0 Å². The van der Waals surface area contributed by atoms with Crippen molar-refractivity contribution in [3.05, 3.63) is 22.4 Å². The first kappa shape index (κ1) is 25.0. The highest BCUT2D eigenvalue weighted by Crippen LogP contribution is 2.12. The van der Waals surface area contributed by atoms with Crippen molar-refractivity contribution < 1.29 is 9.53 Å². The number of carbonyl (C=O) groups is 1. The maximum absolute atomic E-state index is 12.1. The van der Waals surface area contributed by atoms with Crippen molar-refractivity contribution in [2.24, 2.45) is 4.99 Å². The topological polar surface area (TPSA) is 69.2 Å². The predicted octanol–water partition coefficient (Wildman–Crippen LogP) is 2.97. The van der Waals surface area contributed by atoms with Crippen molar-refractivity contribution >= 4 is 47.4 Å². The van der Waals surface area contributed by atoms with Gasteiger partial charge >= 0.3 is 6.09 Å². The third-order valence-electron chi connectivity index (χ3n) is 4.20. The summed E-state index contributed by atoms with van der Waals surface area (Å²) < 4.78 is 5.44. The van der Waals surface area contributed by atoms with Crippen LogP contribution < -0.4 is 10.6 Å². The number of ether oxygens (including phenoxy) is 1. The van der Waals surface area contributed by atoms with Crippen LogP contribution in [0.4, 0.5) is 4.79 Å². The fourth-order valence-electron chi connectivity index (χ4n) is 2.79. The largest absolute Gasteiger partial charge is 0.444 e. The Labute approximate surface area is 189 Å². The number of hydrogen-bond acceptors (Lipinski definition) is 5. The smallest absolute Gasteiger partial charge is 0.410 e. The van der Waals surface area contributed by atoms with E-state index in [4.69, 9.17) is 4.74 Å². The number of guanidine groups is 1. The summed E-state index contributed by atoms with van der Waals surface area (Å²) in [6, 6.07) is 4.17. The number of piperazine rings is 1. The Morgan fingerprint density at radius 2 is 1.96 bits per heavy atom. The molecule has 2 heterocycles. The number of nitrogens with zero attached hydrogens (tertiary/aromatic N) is 3. The normalized spacial score (nSPS) is 15.7. The maximum Gasteiger partial charge on any atom is 0.410 e. The van der Waals surface area contributed by atoms with E-state index in [1.807, 2.05) is 20.8 Å². The van der Waals surface area contributed by atoms with Gasteiger partial charge in [0, 0.05) is 44.6 Å². The molecule has 0 unspecified atom stereocenters. The Balaban J connectivity index is 0.00000392. The zero-order valence-electron chi connectivity index (χ0n) is 17.4. The van der Waals surface area contributed by atoms with Crippen LogP contribution in [0.3, 0.4) is 0 Å². The summed E-state index contributed by atoms with van der Waals surface area (Å²) in [6.07, 6.45) is 0.830. The molecule has 1 saturated heterocycles. The van der Waals surface area contributed by atoms with E-state index in [0.717, 1.165) is 58.2 Å². The van der Waals surface area contributed by atoms with Gasteiger partial charge < -0.3 is 20.3 Å². The van der Waals surface area contributed by atoms with Crippen LogP contribution in [0, 0.1) is 0 Å². The maximum atomic E-state index is 12.1. The molecule has 1 fully saturated rings. The van der Waals surface area contributed by atoms with Crippen molar-refractivity contribution in [3.63, 3.8) is 0 Å². The summed E-state index contributed by atoms with van der Waals surface area (Å²) in [5.41, 5.74) is -0.435. The summed E-state index contributed by atoms with van der Waals surface area (Å²) in [4.78, 5) is 21.8. The van der Waals surface area contributed by atoms with Crippen molar-refractivity contribution in [1.82, 2.24) is 20.4 Å². The first-order valence-corrected chi connectivity index (χ1v) is 10.4. The van der Waals surface area contributed by atoms with Gasteiger partial charge in [-0.25, -0.2) is 4.79 Å². The van der Waals surface area contributed by atoms with Crippen LogP contribution in [0.1, 0.15) is 32.1 Å². The van der Waals surface area contributed by atoms with E-state index < -0.39 is 5.60 Å². The summed E-state index contributed by atoms with van der Waals surface area (Å²) in [6.45, 7) is 11.6. The number of amides is 1. The van der Waals surface area contributed by atoms with Gasteiger partial charge in [-0.05, 0) is 45.2 Å². The molecule has 0 bridgehead atoms. The molecule has 0 aromatic carbocycles. The summed E-state index contributed by atoms with van der Waals surface area (Å²) in [7, 11) is 1.79. The van der Waals surface area contributed by atoms with Gasteiger partial charge in [0.2, 0.25) is 0 Å². The van der Waals surface area contributed by atoms with Crippen LogP contribution in [0.2, 0.25) is 0 Å². The quantitative estimate of drug-likeness (QED) is 0.260. The third kappa shape index (κ3) is 9.42. The molecule has 28 heavy (non-hydrogen) atoms. The number of rotatable bonds is 6. The van der Waals surface area contributed by atoms with Crippen LogP contribution in [0.15, 0.2) is 22.5 Å². The van der Waals surface area contributed by atoms with Gasteiger partial charge in [-0.2, -0.15) is 0 Å². The van der Waals surface area contributed by atoms with Gasteiger partial charge in [-0.1, -0.05) is 6.07 Å². The van der Waals surface area contributed by atoms with E-state index in [2.05, 4.69) is 38.0 Å². The molecule has 0 radical (unpaired) electrons. The number of hydrogen-bond donors (Lipinski definition) is 2. The lowest BCUT2D eigenvalue weighted by atomic mass is 10.2. The minimum atomic E-state index is -0.435. The Bertz CT molecular complexity index is 596. The number of carbonyl (C=O) groups excluding carboxylic acids is 1. The monoisotopic (exact) mass is 523 g/mol. The molecular weight excluding hydrogens is 489 g/mol. The van der Waals surface area contributed by atoms with E-state index in [-0.39, 0.29) is 30.1 Å². The molecule has 7 nitrogen and oxygen atoms in total. The fraction of sp³-hybridized carbons (Fsp3) is 0.684. The predicted molar refractivity (Wildman–Crippen MR) is 127 cm³/mol. The standard InChI is InChI=1S/C19H33N5O2S.HI/c1-19(2,3)26-18(25)24-12-10-23(11-13-24)9-6-8-21-17(20-4)22-15-16-7-5-14-27-16;/h5,7,14H,6,8-13,15H2,1-4H3,(H2,20,21,22);1H. The molecule has 1 amide bonds. The zero-order chi connectivity index (χ0) is 19.7. The lowest BCUT2D eigenvalue weighted by Gasteiger charge is -2.35. The number of halogens is 1. The highest BCUT2D eigenvalue weighted by atomic mass is 127. The highest BCUT2D eigenvalue weighted by molar-refractivity contribution is 14.0. The van der Waals surface area contributed by atoms with Gasteiger partial charge in [0.15, 0.2) is 5.96 Å². The molecule has 0 saturated carbocycles. The fourth-order valence-corrected chi connectivity index (χ4v) is 3.44. The minimum absolute atomic E-state index is 0. The molecule has 0 spiro atoms. The summed E-state index contributed by atoms with van der Waals surface area (Å²) >= 11 is 1.74. The molecule has 2 rings (SSSR count). The second-order valence-corrected chi connectivity index (χ2v) is 8.63. The van der Waals surface area contributed by atoms with Gasteiger partial charge in [-0.3, -0.25) is 9.89 Å². The lowest BCUT2D eigenvalue weighted by Crippen LogP contribution is -2.50. The van der Waals surface area contributed by atoms with Gasteiger partial charge in [0.05, 0.1) is 6.54 Å². The Morgan fingerprint density at radius 1 is 1.25 bits per heavy atom. The minimum Gasteiger partial charge on any atom is -0.444 e. The second kappa shape index (κ2) is 12.5. The average molecular weight is 523 g/mol. The van der Waals surface area contributed by atoms with E-state index in [1.165, 1.54) is 4.88 Å². The second-order valence-electron chi connectivity index (χ2n) is 7.59. The van der Waals surface area contributed by atoms with Crippen molar-refractivity contribution in [1.29, 1.82) is 0 Å². The number of thiophene rings is 1. The molecule has 1 aromatic rings. The van der Waals surface area contributed by atoms with Gasteiger partial charge in [-0.15, -0.1) is 35.3 Å². The van der Waals surface area contributed by atoms with Gasteiger partial charge in [0.1, 0.15) is 5.60 Å². The average Bonchev–Trinajstić information content (AvgIpc) is 3.13. The number of nitrogens with one attached hydrogen (secondary N) is 2. The van der Waals surface area contributed by atoms with Crippen LogP contribution in [0.5, 0.6) is 0 Å². The van der Waals surface area contributed by atoms with Crippen LogP contribution in [-0.2, 0) is 11.3 Å². The highest BCUT2D eigenvalue weighted by Gasteiger charge is 2.25. The van der Waals surface area contributed by atoms with Gasteiger partial charge in [0.25, 0.3) is 0 Å². The first-order valence-electron chi connectivity index (χ1n) is 9.54. The summed E-state index contributed by atoms with van der Waals surface area (Å²) in [5.74, 6) is 0.832. The van der Waals surface area contributed by atoms with E-state index in [9.17, 15) is 4.79 Å². The van der Waals surface area contributed by atoms with Crippen LogP contribution >= 0.6 is 35.3 Å². The molecule has 1 aliphatic heterocycles. The van der Waals surface area contributed by atoms with Crippen LogP contribution in [-0.4, -0.2) is 73.8 Å². The lowest BCUT2D eigenvalue weighted by molar-refractivity contribution is 0.0145. The van der Waals surface area contributed by atoms with E-state index in [1.54, 1.807) is 23.3 Å². The Hall–Kier alpha value is -1.07. The number of aliphatic imine (C=N–C) groups is 1. The molecular formula is C19H34IN5O2S. The Kier molecular flexibility index (Phi) is 11.1. The Morgan fingerprint density at radius 3 is 2.54 bits per heavy atom. The zero-order valence-corrected chi connectivity index (χ0v) is 20.5. The van der Waals surface area contributed by atoms with E-state index >= 15 is 0 Å².